The Morgan fingerprint density at radius 1 is 0.939 bits per heavy atom. The smallest absolute Gasteiger partial charge is 0.244 e. The monoisotopic (exact) mass is 466 g/mol. The lowest BCUT2D eigenvalue weighted by Crippen LogP contribution is -2.19. The molecular weight excluding hydrogens is 440 g/mol. The van der Waals surface area contributed by atoms with Gasteiger partial charge in [0.05, 0.1) is 30.9 Å². The van der Waals surface area contributed by atoms with E-state index in [1.54, 1.807) is 12.1 Å². The van der Waals surface area contributed by atoms with Gasteiger partial charge in [0.25, 0.3) is 0 Å². The third kappa shape index (κ3) is 7.54. The number of rotatable bonds is 11. The zero-order valence-electron chi connectivity index (χ0n) is 18.7. The molecule has 33 heavy (non-hydrogen) atoms. The fourth-order valence-corrected chi connectivity index (χ4v) is 3.34. The van der Waals surface area contributed by atoms with Crippen molar-refractivity contribution < 1.29 is 19.0 Å². The SMILES string of the molecule is CCOc1ccc(CC(=O)N/N=C\c2cc(Cl)c(OCc3ccccc3)c(OCC)c2)cc1. The van der Waals surface area contributed by atoms with Crippen LogP contribution >= 0.6 is 11.6 Å². The van der Waals surface area contributed by atoms with Gasteiger partial charge < -0.3 is 14.2 Å². The average molecular weight is 467 g/mol. The number of halogens is 1. The predicted molar refractivity (Wildman–Crippen MR) is 130 cm³/mol. The highest BCUT2D eigenvalue weighted by Gasteiger charge is 2.13. The molecule has 0 saturated heterocycles. The number of ether oxygens (including phenoxy) is 3. The van der Waals surface area contributed by atoms with E-state index in [4.69, 9.17) is 25.8 Å². The Bertz CT molecular complexity index is 1070. The van der Waals surface area contributed by atoms with E-state index in [9.17, 15) is 4.79 Å². The molecule has 0 spiro atoms. The first-order chi connectivity index (χ1) is 16.1. The number of benzene rings is 3. The lowest BCUT2D eigenvalue weighted by molar-refractivity contribution is -0.120. The maximum absolute atomic E-state index is 12.2. The Morgan fingerprint density at radius 3 is 2.36 bits per heavy atom. The van der Waals surface area contributed by atoms with Crippen molar-refractivity contribution in [3.8, 4) is 17.2 Å². The van der Waals surface area contributed by atoms with E-state index in [-0.39, 0.29) is 12.3 Å². The van der Waals surface area contributed by atoms with Crippen LogP contribution in [0.5, 0.6) is 17.2 Å². The number of nitrogens with one attached hydrogen (secondary N) is 1. The molecule has 1 amide bonds. The van der Waals surface area contributed by atoms with E-state index >= 15 is 0 Å². The number of nitrogens with zero attached hydrogens (tertiary/aromatic N) is 1. The van der Waals surface area contributed by atoms with Gasteiger partial charge in [-0.1, -0.05) is 54.1 Å². The Labute approximate surface area is 199 Å². The topological polar surface area (TPSA) is 69.2 Å². The summed E-state index contributed by atoms with van der Waals surface area (Å²) in [5, 5.41) is 4.45. The highest BCUT2D eigenvalue weighted by molar-refractivity contribution is 6.32. The summed E-state index contributed by atoms with van der Waals surface area (Å²) in [5.74, 6) is 1.54. The van der Waals surface area contributed by atoms with Crippen LogP contribution in [-0.4, -0.2) is 25.3 Å². The van der Waals surface area contributed by atoms with Gasteiger partial charge in [-0.05, 0) is 54.8 Å². The van der Waals surface area contributed by atoms with Crippen molar-refractivity contribution in [1.82, 2.24) is 5.43 Å². The molecular formula is C26H27ClN2O4. The fraction of sp³-hybridized carbons (Fsp3) is 0.231. The number of carbonyl (C=O) groups excluding carboxylic acids is 1. The third-order valence-corrected chi connectivity index (χ3v) is 4.84. The fourth-order valence-electron chi connectivity index (χ4n) is 3.07. The van der Waals surface area contributed by atoms with Crippen molar-refractivity contribution >= 4 is 23.7 Å². The first-order valence-corrected chi connectivity index (χ1v) is 11.1. The molecule has 0 radical (unpaired) electrons. The van der Waals surface area contributed by atoms with E-state index in [0.717, 1.165) is 16.9 Å². The van der Waals surface area contributed by atoms with Crippen LogP contribution in [0.3, 0.4) is 0 Å². The van der Waals surface area contributed by atoms with E-state index < -0.39 is 0 Å². The number of carbonyl (C=O) groups is 1. The first kappa shape index (κ1) is 24.1. The van der Waals surface area contributed by atoms with E-state index in [2.05, 4.69) is 10.5 Å². The van der Waals surface area contributed by atoms with Gasteiger partial charge >= 0.3 is 0 Å². The highest BCUT2D eigenvalue weighted by atomic mass is 35.5. The minimum atomic E-state index is -0.227. The lowest BCUT2D eigenvalue weighted by atomic mass is 10.1. The molecule has 0 atom stereocenters. The molecule has 0 fully saturated rings. The highest BCUT2D eigenvalue weighted by Crippen LogP contribution is 2.37. The van der Waals surface area contributed by atoms with Crippen molar-refractivity contribution in [1.29, 1.82) is 0 Å². The largest absolute Gasteiger partial charge is 0.494 e. The van der Waals surface area contributed by atoms with Crippen molar-refractivity contribution in [2.75, 3.05) is 13.2 Å². The number of hydrazone groups is 1. The quantitative estimate of drug-likeness (QED) is 0.303. The second-order valence-electron chi connectivity index (χ2n) is 7.08. The number of hydrogen-bond donors (Lipinski definition) is 1. The van der Waals surface area contributed by atoms with Crippen LogP contribution in [0.15, 0.2) is 71.8 Å². The van der Waals surface area contributed by atoms with Gasteiger partial charge in [0.1, 0.15) is 12.4 Å². The molecule has 0 aliphatic heterocycles. The maximum Gasteiger partial charge on any atom is 0.244 e. The Kier molecular flexibility index (Phi) is 9.15. The van der Waals surface area contributed by atoms with Gasteiger partial charge in [-0.15, -0.1) is 0 Å². The normalized spacial score (nSPS) is 10.8. The molecule has 0 heterocycles. The van der Waals surface area contributed by atoms with Crippen LogP contribution in [0.4, 0.5) is 0 Å². The minimum absolute atomic E-state index is 0.209. The zero-order chi connectivity index (χ0) is 23.5. The van der Waals surface area contributed by atoms with Crippen molar-refractivity contribution in [3.05, 3.63) is 88.4 Å². The van der Waals surface area contributed by atoms with E-state index in [1.807, 2.05) is 68.4 Å². The summed E-state index contributed by atoms with van der Waals surface area (Å²) in [6.45, 7) is 5.24. The molecule has 0 saturated carbocycles. The van der Waals surface area contributed by atoms with Crippen molar-refractivity contribution in [2.24, 2.45) is 5.10 Å². The standard InChI is InChI=1S/C26H27ClN2O4/c1-3-31-22-12-10-19(11-13-22)16-25(30)29-28-17-21-14-23(27)26(24(15-21)32-4-2)33-18-20-8-6-5-7-9-20/h5-15,17H,3-4,16,18H2,1-2H3,(H,29,30)/b28-17-. The molecule has 0 bridgehead atoms. The summed E-state index contributed by atoms with van der Waals surface area (Å²) in [7, 11) is 0. The molecule has 0 aliphatic rings. The summed E-state index contributed by atoms with van der Waals surface area (Å²) in [5.41, 5.74) is 5.11. The van der Waals surface area contributed by atoms with Gasteiger partial charge in [0, 0.05) is 0 Å². The van der Waals surface area contributed by atoms with Crippen molar-refractivity contribution in [2.45, 2.75) is 26.9 Å². The molecule has 3 rings (SSSR count). The number of hydrogen-bond acceptors (Lipinski definition) is 5. The zero-order valence-corrected chi connectivity index (χ0v) is 19.5. The van der Waals surface area contributed by atoms with Gasteiger partial charge in [-0.3, -0.25) is 4.79 Å². The molecule has 0 aliphatic carbocycles. The molecule has 0 aromatic heterocycles. The molecule has 7 heteroatoms. The predicted octanol–water partition coefficient (Wildman–Crippen LogP) is 5.41. The van der Waals surface area contributed by atoms with Crippen LogP contribution < -0.4 is 19.6 Å². The number of amides is 1. The van der Waals surface area contributed by atoms with Gasteiger partial charge in [0.2, 0.25) is 5.91 Å². The Balaban J connectivity index is 1.61. The molecule has 6 nitrogen and oxygen atoms in total. The second-order valence-corrected chi connectivity index (χ2v) is 7.49. The van der Waals surface area contributed by atoms with Crippen LogP contribution in [0.2, 0.25) is 5.02 Å². The van der Waals surface area contributed by atoms with Crippen LogP contribution in [-0.2, 0) is 17.8 Å². The Morgan fingerprint density at radius 2 is 1.67 bits per heavy atom. The summed E-state index contributed by atoms with van der Waals surface area (Å²) in [6, 6.07) is 20.7. The van der Waals surface area contributed by atoms with E-state index in [0.29, 0.717) is 41.9 Å². The summed E-state index contributed by atoms with van der Waals surface area (Å²) < 4.78 is 17.0. The molecule has 3 aromatic rings. The van der Waals surface area contributed by atoms with E-state index in [1.165, 1.54) is 6.21 Å². The molecule has 0 unspecified atom stereocenters. The Hall–Kier alpha value is -3.51. The third-order valence-electron chi connectivity index (χ3n) is 4.56. The minimum Gasteiger partial charge on any atom is -0.494 e. The van der Waals surface area contributed by atoms with Crippen LogP contribution in [0.25, 0.3) is 0 Å². The maximum atomic E-state index is 12.2. The van der Waals surface area contributed by atoms with Gasteiger partial charge in [-0.2, -0.15) is 5.10 Å². The van der Waals surface area contributed by atoms with Crippen molar-refractivity contribution in [3.63, 3.8) is 0 Å². The van der Waals surface area contributed by atoms with Crippen LogP contribution in [0.1, 0.15) is 30.5 Å². The lowest BCUT2D eigenvalue weighted by Gasteiger charge is -2.14. The second kappa shape index (κ2) is 12.5. The summed E-state index contributed by atoms with van der Waals surface area (Å²) >= 11 is 6.46. The first-order valence-electron chi connectivity index (χ1n) is 10.8. The molecule has 1 N–H and O–H groups in total. The molecule has 3 aromatic carbocycles. The summed E-state index contributed by atoms with van der Waals surface area (Å²) in [6.07, 6.45) is 1.73. The van der Waals surface area contributed by atoms with Gasteiger partial charge in [0.15, 0.2) is 11.5 Å². The molecule has 172 valence electrons. The average Bonchev–Trinajstić information content (AvgIpc) is 2.81. The summed E-state index contributed by atoms with van der Waals surface area (Å²) in [4.78, 5) is 12.2. The van der Waals surface area contributed by atoms with Gasteiger partial charge in [-0.25, -0.2) is 5.43 Å². The van der Waals surface area contributed by atoms with Crippen LogP contribution in [0, 0.1) is 0 Å².